The molecule has 1 atom stereocenters. The van der Waals surface area contributed by atoms with E-state index in [-0.39, 0.29) is 6.42 Å². The van der Waals surface area contributed by atoms with Gasteiger partial charge in [-0.3, -0.25) is 9.59 Å². The lowest BCUT2D eigenvalue weighted by Crippen LogP contribution is -2.26. The van der Waals surface area contributed by atoms with Crippen LogP contribution in [0.3, 0.4) is 0 Å². The minimum atomic E-state index is -1.09. The van der Waals surface area contributed by atoms with Gasteiger partial charge in [0.2, 0.25) is 11.6 Å². The van der Waals surface area contributed by atoms with E-state index < -0.39 is 17.7 Å². The van der Waals surface area contributed by atoms with Gasteiger partial charge in [0.15, 0.2) is 0 Å². The topological polar surface area (TPSA) is 54.4 Å². The fraction of sp³-hybridized carbons (Fsp3) is 0.714. The number of carbonyl (C=O) groups excluding carboxylic acids is 2. The summed E-state index contributed by atoms with van der Waals surface area (Å²) in [5, 5.41) is 8.86. The summed E-state index contributed by atoms with van der Waals surface area (Å²) in [4.78, 5) is 21.3. The maximum absolute atomic E-state index is 10.7. The maximum atomic E-state index is 10.7. The van der Waals surface area contributed by atoms with E-state index in [0.717, 1.165) is 0 Å². The molecule has 0 radical (unpaired) electrons. The number of aliphatic hydroxyl groups is 1. The molecule has 0 rings (SSSR count). The Kier molecular flexibility index (Phi) is 3.88. The lowest BCUT2D eigenvalue weighted by molar-refractivity contribution is -0.141. The Balaban J connectivity index is 3.95. The molecule has 0 heterocycles. The molecule has 0 spiro atoms. The first kappa shape index (κ1) is 9.30. The number of hydrogen-bond donors (Lipinski definition) is 1. The minimum absolute atomic E-state index is 0.176. The summed E-state index contributed by atoms with van der Waals surface area (Å²) in [5.74, 6) is -1.15. The minimum Gasteiger partial charge on any atom is -0.385 e. The Hall–Kier alpha value is -0.700. The Morgan fingerprint density at radius 1 is 1.40 bits per heavy atom. The zero-order valence-electron chi connectivity index (χ0n) is 6.26. The summed E-state index contributed by atoms with van der Waals surface area (Å²) >= 11 is 0. The first-order valence-corrected chi connectivity index (χ1v) is 3.38. The van der Waals surface area contributed by atoms with Crippen LogP contribution in [0.25, 0.3) is 0 Å². The Morgan fingerprint density at radius 2 is 1.90 bits per heavy atom. The fourth-order valence-electron chi connectivity index (χ4n) is 0.545. The van der Waals surface area contributed by atoms with Gasteiger partial charge in [0.05, 0.1) is 0 Å². The van der Waals surface area contributed by atoms with Gasteiger partial charge in [0, 0.05) is 6.42 Å². The molecule has 0 aliphatic carbocycles. The van der Waals surface area contributed by atoms with Crippen molar-refractivity contribution < 1.29 is 14.7 Å². The third-order valence-electron chi connectivity index (χ3n) is 1.29. The second-order valence-electron chi connectivity index (χ2n) is 2.07. The number of hydrogen-bond acceptors (Lipinski definition) is 3. The molecule has 0 saturated carbocycles. The number of aliphatic hydroxyl groups excluding tert-OH is 1. The highest BCUT2D eigenvalue weighted by atomic mass is 16.3. The molecule has 0 aliphatic heterocycles. The van der Waals surface area contributed by atoms with Crippen LogP contribution in [0, 0.1) is 0 Å². The molecule has 58 valence electrons. The Morgan fingerprint density at radius 3 is 2.20 bits per heavy atom. The molecule has 0 saturated heterocycles. The van der Waals surface area contributed by atoms with Crippen LogP contribution < -0.4 is 0 Å². The van der Waals surface area contributed by atoms with Crippen LogP contribution in [0.15, 0.2) is 0 Å². The van der Waals surface area contributed by atoms with E-state index in [1.54, 1.807) is 13.8 Å². The van der Waals surface area contributed by atoms with Crippen LogP contribution in [-0.4, -0.2) is 22.8 Å². The standard InChI is InChI=1S/C7H12O3/c1-3-5(8)7(10)6(9)4-2/h5,8H,3-4H2,1-2H3. The highest BCUT2D eigenvalue weighted by Crippen LogP contribution is 1.94. The van der Waals surface area contributed by atoms with Crippen LogP contribution in [0.5, 0.6) is 0 Å². The highest BCUT2D eigenvalue weighted by molar-refractivity contribution is 6.38. The Bertz CT molecular complexity index is 140. The van der Waals surface area contributed by atoms with Gasteiger partial charge in [-0.1, -0.05) is 13.8 Å². The number of Topliss-reactive ketones (excluding diaryl/α,β-unsaturated/α-hetero) is 2. The predicted octanol–water partition coefficient (Wildman–Crippen LogP) is 0.305. The highest BCUT2D eigenvalue weighted by Gasteiger charge is 2.18. The summed E-state index contributed by atoms with van der Waals surface area (Å²) in [7, 11) is 0. The average molecular weight is 144 g/mol. The van der Waals surface area contributed by atoms with Crippen molar-refractivity contribution in [2.45, 2.75) is 32.8 Å². The third-order valence-corrected chi connectivity index (χ3v) is 1.29. The summed E-state index contributed by atoms with van der Waals surface area (Å²) < 4.78 is 0. The first-order valence-electron chi connectivity index (χ1n) is 3.38. The van der Waals surface area contributed by atoms with Gasteiger partial charge in [0.1, 0.15) is 6.10 Å². The van der Waals surface area contributed by atoms with Crippen LogP contribution >= 0.6 is 0 Å². The quantitative estimate of drug-likeness (QED) is 0.577. The second-order valence-corrected chi connectivity index (χ2v) is 2.07. The van der Waals surface area contributed by atoms with Crippen LogP contribution in [0.1, 0.15) is 26.7 Å². The molecule has 1 N–H and O–H groups in total. The first-order chi connectivity index (χ1) is 4.63. The van der Waals surface area contributed by atoms with Gasteiger partial charge in [0.25, 0.3) is 0 Å². The smallest absolute Gasteiger partial charge is 0.226 e. The normalized spacial score (nSPS) is 12.7. The van der Waals surface area contributed by atoms with Crippen molar-refractivity contribution in [1.29, 1.82) is 0 Å². The molecule has 3 heteroatoms. The molecule has 0 aromatic rings. The van der Waals surface area contributed by atoms with E-state index in [9.17, 15) is 9.59 Å². The maximum Gasteiger partial charge on any atom is 0.226 e. The SMILES string of the molecule is CCC(=O)C(=O)C(O)CC. The molecule has 1 unspecified atom stereocenters. The van der Waals surface area contributed by atoms with Crippen molar-refractivity contribution in [2.75, 3.05) is 0 Å². The third kappa shape index (κ3) is 2.27. The molecule has 0 aliphatic rings. The molecule has 0 bridgehead atoms. The van der Waals surface area contributed by atoms with E-state index in [2.05, 4.69) is 0 Å². The van der Waals surface area contributed by atoms with Crippen LogP contribution in [-0.2, 0) is 9.59 Å². The van der Waals surface area contributed by atoms with E-state index in [0.29, 0.717) is 6.42 Å². The fourth-order valence-corrected chi connectivity index (χ4v) is 0.545. The molecule has 0 aromatic heterocycles. The van der Waals surface area contributed by atoms with Crippen molar-refractivity contribution >= 4 is 11.6 Å². The van der Waals surface area contributed by atoms with Crippen molar-refractivity contribution in [3.8, 4) is 0 Å². The van der Waals surface area contributed by atoms with Gasteiger partial charge in [-0.2, -0.15) is 0 Å². The largest absolute Gasteiger partial charge is 0.385 e. The summed E-state index contributed by atoms with van der Waals surface area (Å²) in [6.07, 6.45) is -0.604. The summed E-state index contributed by atoms with van der Waals surface area (Å²) in [5.41, 5.74) is 0. The van der Waals surface area contributed by atoms with Crippen molar-refractivity contribution in [1.82, 2.24) is 0 Å². The lowest BCUT2D eigenvalue weighted by Gasteiger charge is -2.02. The number of rotatable bonds is 4. The molecule has 0 fully saturated rings. The second kappa shape index (κ2) is 4.17. The van der Waals surface area contributed by atoms with Crippen molar-refractivity contribution in [3.05, 3.63) is 0 Å². The van der Waals surface area contributed by atoms with E-state index in [1.165, 1.54) is 0 Å². The van der Waals surface area contributed by atoms with Gasteiger partial charge in [-0.25, -0.2) is 0 Å². The zero-order valence-corrected chi connectivity index (χ0v) is 6.26. The molecular formula is C7H12O3. The Labute approximate surface area is 60.0 Å². The lowest BCUT2D eigenvalue weighted by atomic mass is 10.1. The van der Waals surface area contributed by atoms with Crippen LogP contribution in [0.4, 0.5) is 0 Å². The van der Waals surface area contributed by atoms with E-state index in [4.69, 9.17) is 5.11 Å². The summed E-state index contributed by atoms with van der Waals surface area (Å²) in [6.45, 7) is 3.26. The van der Waals surface area contributed by atoms with Crippen LogP contribution in [0.2, 0.25) is 0 Å². The van der Waals surface area contributed by atoms with E-state index >= 15 is 0 Å². The van der Waals surface area contributed by atoms with Crippen molar-refractivity contribution in [2.24, 2.45) is 0 Å². The predicted molar refractivity (Wildman–Crippen MR) is 36.6 cm³/mol. The molecule has 0 aromatic carbocycles. The molecular weight excluding hydrogens is 132 g/mol. The average Bonchev–Trinajstić information content (AvgIpc) is 2.00. The number of carbonyl (C=O) groups is 2. The monoisotopic (exact) mass is 144 g/mol. The van der Waals surface area contributed by atoms with E-state index in [1.807, 2.05) is 0 Å². The van der Waals surface area contributed by atoms with Gasteiger partial charge >= 0.3 is 0 Å². The van der Waals surface area contributed by atoms with Gasteiger partial charge in [-0.05, 0) is 6.42 Å². The van der Waals surface area contributed by atoms with Crippen molar-refractivity contribution in [3.63, 3.8) is 0 Å². The zero-order chi connectivity index (χ0) is 8.15. The molecule has 10 heavy (non-hydrogen) atoms. The number of ketones is 2. The summed E-state index contributed by atoms with van der Waals surface area (Å²) in [6, 6.07) is 0. The molecule has 0 amide bonds. The van der Waals surface area contributed by atoms with Gasteiger partial charge < -0.3 is 5.11 Å². The van der Waals surface area contributed by atoms with Gasteiger partial charge in [-0.15, -0.1) is 0 Å². The molecule has 3 nitrogen and oxygen atoms in total.